The minimum absolute atomic E-state index is 0.000295. The van der Waals surface area contributed by atoms with Crippen LogP contribution in [-0.2, 0) is 9.53 Å². The van der Waals surface area contributed by atoms with E-state index in [1.165, 1.54) is 6.39 Å². The van der Waals surface area contributed by atoms with Crippen molar-refractivity contribution in [3.63, 3.8) is 0 Å². The molecule has 2 heterocycles. The van der Waals surface area contributed by atoms with Crippen LogP contribution in [0.2, 0.25) is 0 Å². The molecule has 1 aliphatic heterocycles. The van der Waals surface area contributed by atoms with Gasteiger partial charge in [0, 0.05) is 31.8 Å². The van der Waals surface area contributed by atoms with Crippen molar-refractivity contribution in [3.05, 3.63) is 35.7 Å². The molecular formula is C15H19N3O3. The van der Waals surface area contributed by atoms with Crippen LogP contribution in [0, 0.1) is 0 Å². The van der Waals surface area contributed by atoms with Crippen LogP contribution in [0.1, 0.15) is 26.0 Å². The van der Waals surface area contributed by atoms with Crippen molar-refractivity contribution >= 4 is 11.5 Å². The Hall–Kier alpha value is -2.08. The second kappa shape index (κ2) is 4.73. The average Bonchev–Trinajstić information content (AvgIpc) is 2.97. The molecule has 112 valence electrons. The van der Waals surface area contributed by atoms with E-state index in [-0.39, 0.29) is 12.0 Å². The second-order valence-electron chi connectivity index (χ2n) is 5.83. The summed E-state index contributed by atoms with van der Waals surface area (Å²) in [5.74, 6) is 0.633. The third kappa shape index (κ3) is 2.15. The van der Waals surface area contributed by atoms with Crippen molar-refractivity contribution in [1.82, 2.24) is 15.2 Å². The van der Waals surface area contributed by atoms with E-state index in [2.05, 4.69) is 10.3 Å². The molecule has 0 saturated heterocycles. The van der Waals surface area contributed by atoms with E-state index >= 15 is 0 Å². The van der Waals surface area contributed by atoms with Crippen LogP contribution in [0.15, 0.2) is 34.4 Å². The quantitative estimate of drug-likeness (QED) is 0.894. The Morgan fingerprint density at radius 1 is 1.52 bits per heavy atom. The number of ether oxygens (including phenoxy) is 1. The fraction of sp³-hybridized carbons (Fsp3) is 0.467. The Bertz CT molecular complexity index is 629. The van der Waals surface area contributed by atoms with Crippen LogP contribution < -0.4 is 5.32 Å². The summed E-state index contributed by atoms with van der Waals surface area (Å²) in [4.78, 5) is 18.2. The largest absolute Gasteiger partial charge is 0.444 e. The molecule has 1 atom stereocenters. The number of hydrogen-bond acceptors (Lipinski definition) is 5. The van der Waals surface area contributed by atoms with Gasteiger partial charge >= 0.3 is 0 Å². The van der Waals surface area contributed by atoms with Crippen molar-refractivity contribution < 1.29 is 13.9 Å². The number of nitrogens with one attached hydrogen (secondary N) is 1. The fourth-order valence-electron chi connectivity index (χ4n) is 2.74. The molecule has 0 aromatic carbocycles. The molecule has 3 rings (SSSR count). The number of nitrogens with zero attached hydrogens (tertiary/aromatic N) is 2. The van der Waals surface area contributed by atoms with Gasteiger partial charge in [0.2, 0.25) is 0 Å². The number of amides is 1. The molecule has 1 amide bonds. The maximum Gasteiger partial charge on any atom is 0.257 e. The first-order valence-corrected chi connectivity index (χ1v) is 6.87. The fourth-order valence-corrected chi connectivity index (χ4v) is 2.74. The molecule has 6 nitrogen and oxygen atoms in total. The monoisotopic (exact) mass is 289 g/mol. The molecule has 1 aliphatic carbocycles. The van der Waals surface area contributed by atoms with Gasteiger partial charge in [-0.2, -0.15) is 0 Å². The minimum Gasteiger partial charge on any atom is -0.444 e. The van der Waals surface area contributed by atoms with Crippen molar-refractivity contribution in [1.29, 1.82) is 0 Å². The van der Waals surface area contributed by atoms with E-state index in [1.54, 1.807) is 25.3 Å². The van der Waals surface area contributed by atoms with Gasteiger partial charge in [-0.25, -0.2) is 4.98 Å². The van der Waals surface area contributed by atoms with Gasteiger partial charge in [-0.1, -0.05) is 0 Å². The van der Waals surface area contributed by atoms with Crippen molar-refractivity contribution in [2.24, 2.45) is 0 Å². The second-order valence-corrected chi connectivity index (χ2v) is 5.83. The normalized spacial score (nSPS) is 24.6. The zero-order valence-electron chi connectivity index (χ0n) is 12.6. The number of rotatable bonds is 2. The lowest BCUT2D eigenvalue weighted by atomic mass is 9.89. The lowest BCUT2D eigenvalue weighted by Gasteiger charge is -2.44. The van der Waals surface area contributed by atoms with Gasteiger partial charge in [0.1, 0.15) is 5.66 Å². The van der Waals surface area contributed by atoms with Crippen molar-refractivity contribution in [2.45, 2.75) is 32.0 Å². The van der Waals surface area contributed by atoms with Gasteiger partial charge in [0.25, 0.3) is 5.91 Å². The average molecular weight is 289 g/mol. The lowest BCUT2D eigenvalue weighted by molar-refractivity contribution is -0.132. The number of oxazole rings is 1. The number of carbonyl (C=O) groups is 1. The summed E-state index contributed by atoms with van der Waals surface area (Å²) >= 11 is 0. The van der Waals surface area contributed by atoms with E-state index in [0.717, 1.165) is 11.3 Å². The minimum atomic E-state index is -0.411. The van der Waals surface area contributed by atoms with Crippen LogP contribution in [0.4, 0.5) is 0 Å². The zero-order valence-corrected chi connectivity index (χ0v) is 12.6. The van der Waals surface area contributed by atoms with Crippen LogP contribution in [0.25, 0.3) is 5.57 Å². The van der Waals surface area contributed by atoms with Crippen molar-refractivity contribution in [2.75, 3.05) is 14.2 Å². The summed E-state index contributed by atoms with van der Waals surface area (Å²) in [6.07, 6.45) is 5.31. The first kappa shape index (κ1) is 13.9. The van der Waals surface area contributed by atoms with Gasteiger partial charge in [0.05, 0.1) is 17.9 Å². The molecule has 1 N–H and O–H groups in total. The summed E-state index contributed by atoms with van der Waals surface area (Å²) < 4.78 is 10.9. The topological polar surface area (TPSA) is 67.6 Å². The van der Waals surface area contributed by atoms with Gasteiger partial charge in [-0.3, -0.25) is 4.79 Å². The summed E-state index contributed by atoms with van der Waals surface area (Å²) in [7, 11) is 3.45. The number of carbonyl (C=O) groups excluding carboxylic acids is 1. The summed E-state index contributed by atoms with van der Waals surface area (Å²) in [5, 5.41) is 3.42. The van der Waals surface area contributed by atoms with Gasteiger partial charge in [-0.05, 0) is 19.9 Å². The van der Waals surface area contributed by atoms with Crippen LogP contribution in [-0.4, -0.2) is 41.7 Å². The highest BCUT2D eigenvalue weighted by Crippen LogP contribution is 2.36. The molecule has 0 radical (unpaired) electrons. The van der Waals surface area contributed by atoms with E-state index in [0.29, 0.717) is 17.8 Å². The summed E-state index contributed by atoms with van der Waals surface area (Å²) in [5.41, 5.74) is 2.01. The highest BCUT2D eigenvalue weighted by Gasteiger charge is 2.39. The van der Waals surface area contributed by atoms with E-state index in [4.69, 9.17) is 9.15 Å². The molecule has 1 unspecified atom stereocenters. The van der Waals surface area contributed by atoms with E-state index in [1.807, 2.05) is 19.9 Å². The third-order valence-corrected chi connectivity index (χ3v) is 4.19. The summed E-state index contributed by atoms with van der Waals surface area (Å²) in [6, 6.07) is 0. The molecular weight excluding hydrogens is 270 g/mol. The maximum atomic E-state index is 12.6. The first-order valence-electron chi connectivity index (χ1n) is 6.87. The van der Waals surface area contributed by atoms with E-state index in [9.17, 15) is 4.79 Å². The number of aromatic nitrogens is 1. The Morgan fingerprint density at radius 3 is 2.90 bits per heavy atom. The molecule has 6 heteroatoms. The highest BCUT2D eigenvalue weighted by atomic mass is 16.5. The lowest BCUT2D eigenvalue weighted by Crippen LogP contribution is -2.59. The first-order chi connectivity index (χ1) is 9.94. The zero-order chi connectivity index (χ0) is 15.2. The predicted molar refractivity (Wildman–Crippen MR) is 76.9 cm³/mol. The van der Waals surface area contributed by atoms with Gasteiger partial charge in [-0.15, -0.1) is 0 Å². The molecule has 0 saturated carbocycles. The molecule has 0 spiro atoms. The molecule has 2 aliphatic rings. The third-order valence-electron chi connectivity index (χ3n) is 4.19. The number of methoxy groups -OCH3 is 1. The SMILES string of the molecule is COC1CC2=C(C=C1c1cnco1)C(=O)N(C)C(C)(C)N2. The number of hydrogen-bond donors (Lipinski definition) is 1. The van der Waals surface area contributed by atoms with Gasteiger partial charge in [0.15, 0.2) is 12.2 Å². The molecule has 21 heavy (non-hydrogen) atoms. The molecule has 1 aromatic rings. The summed E-state index contributed by atoms with van der Waals surface area (Å²) in [6.45, 7) is 3.96. The predicted octanol–water partition coefficient (Wildman–Crippen LogP) is 1.53. The maximum absolute atomic E-state index is 12.6. The van der Waals surface area contributed by atoms with Crippen LogP contribution in [0.3, 0.4) is 0 Å². The smallest absolute Gasteiger partial charge is 0.257 e. The van der Waals surface area contributed by atoms with Crippen LogP contribution in [0.5, 0.6) is 0 Å². The molecule has 0 bridgehead atoms. The Balaban J connectivity index is 2.07. The highest BCUT2D eigenvalue weighted by molar-refractivity contribution is 6.01. The number of likely N-dealkylation sites (N-methyl/N-ethyl adjacent to an activating group) is 1. The Labute approximate surface area is 123 Å². The van der Waals surface area contributed by atoms with Crippen molar-refractivity contribution in [3.8, 4) is 0 Å². The Kier molecular flexibility index (Phi) is 3.13. The molecule has 1 aromatic heterocycles. The van der Waals surface area contributed by atoms with E-state index < -0.39 is 5.66 Å². The Morgan fingerprint density at radius 2 is 2.29 bits per heavy atom. The van der Waals surface area contributed by atoms with Crippen LogP contribution >= 0.6 is 0 Å². The van der Waals surface area contributed by atoms with Gasteiger partial charge < -0.3 is 19.4 Å². The molecule has 0 fully saturated rings. The standard InChI is InChI=1S/C15H19N3O3/c1-15(2)17-11-6-12(20-4)10(13-7-16-8-21-13)5-9(11)14(19)18(15)3/h5,7-8,12,17H,6H2,1-4H3.